The molecule has 0 spiro atoms. The molecule has 6 rings (SSSR count). The number of aromatic nitrogens is 4. The molecule has 5 heterocycles. The minimum absolute atomic E-state index is 0.0930. The van der Waals surface area contributed by atoms with E-state index in [0.29, 0.717) is 32.8 Å². The lowest BCUT2D eigenvalue weighted by Crippen LogP contribution is -2.66. The average Bonchev–Trinajstić information content (AvgIpc) is 3.73. The predicted octanol–water partition coefficient (Wildman–Crippen LogP) is 6.22. The second-order valence-electron chi connectivity index (χ2n) is 15.1. The summed E-state index contributed by atoms with van der Waals surface area (Å²) in [6, 6.07) is 13.1. The topological polar surface area (TPSA) is 119 Å². The number of nitriles is 1. The number of hydrogen-bond donors (Lipinski definition) is 0. The third kappa shape index (κ3) is 6.51. The number of fused-ring (bicyclic) bond motifs is 2. The molecule has 1 aromatic carbocycles. The smallest absolute Gasteiger partial charge is 0.410 e. The Morgan fingerprint density at radius 2 is 1.87 bits per heavy atom. The third-order valence-corrected chi connectivity index (χ3v) is 10.8. The molecule has 248 valence electrons. The highest BCUT2D eigenvalue weighted by atomic mass is 28.3. The molecule has 0 radical (unpaired) electrons. The summed E-state index contributed by atoms with van der Waals surface area (Å²) < 4.78 is 15.8. The molecular weight excluding hydrogens is 611 g/mol. The Morgan fingerprint density at radius 3 is 2.60 bits per heavy atom. The van der Waals surface area contributed by atoms with Gasteiger partial charge in [-0.2, -0.15) is 5.26 Å². The summed E-state index contributed by atoms with van der Waals surface area (Å²) in [6.07, 6.45) is 6.79. The van der Waals surface area contributed by atoms with E-state index in [9.17, 15) is 14.9 Å². The summed E-state index contributed by atoms with van der Waals surface area (Å²) in [6.45, 7) is 14.9. The lowest BCUT2D eigenvalue weighted by atomic mass is 9.85. The van der Waals surface area contributed by atoms with E-state index in [1.165, 1.54) is 0 Å². The van der Waals surface area contributed by atoms with E-state index in [2.05, 4.69) is 53.6 Å². The summed E-state index contributed by atoms with van der Waals surface area (Å²) in [7, 11) is -1.19. The van der Waals surface area contributed by atoms with Crippen LogP contribution in [0.3, 0.4) is 0 Å². The van der Waals surface area contributed by atoms with Crippen molar-refractivity contribution >= 4 is 42.0 Å². The Kier molecular flexibility index (Phi) is 8.65. The Labute approximate surface area is 277 Å². The van der Waals surface area contributed by atoms with Crippen LogP contribution in [0.25, 0.3) is 33.2 Å². The molecule has 2 saturated heterocycles. The van der Waals surface area contributed by atoms with Gasteiger partial charge < -0.3 is 23.5 Å². The molecule has 2 fully saturated rings. The fourth-order valence-corrected chi connectivity index (χ4v) is 7.47. The Balaban J connectivity index is 1.28. The number of rotatable bonds is 9. The van der Waals surface area contributed by atoms with Gasteiger partial charge in [0.05, 0.1) is 23.7 Å². The highest BCUT2D eigenvalue weighted by molar-refractivity contribution is 6.76. The molecule has 2 amide bonds. The van der Waals surface area contributed by atoms with Crippen LogP contribution in [-0.2, 0) is 26.5 Å². The molecule has 2 aliphatic heterocycles. The first-order valence-electron chi connectivity index (χ1n) is 16.4. The van der Waals surface area contributed by atoms with Gasteiger partial charge in [-0.1, -0.05) is 37.8 Å². The number of nitrogens with zero attached hydrogens (tertiary/aromatic N) is 7. The zero-order chi connectivity index (χ0) is 33.6. The normalized spacial score (nSPS) is 18.0. The fraction of sp³-hybridized carbons (Fsp3) is 0.514. The molecule has 11 nitrogen and oxygen atoms in total. The van der Waals surface area contributed by atoms with Gasteiger partial charge in [-0.15, -0.1) is 0 Å². The number of ether oxygens (including phenoxy) is 2. The van der Waals surface area contributed by atoms with Crippen LogP contribution in [-0.4, -0.2) is 86.9 Å². The molecular formula is C35H45N7O4Si. The van der Waals surface area contributed by atoms with Gasteiger partial charge in [0.1, 0.15) is 30.3 Å². The molecule has 1 atom stereocenters. The maximum Gasteiger partial charge on any atom is 0.410 e. The number of benzene rings is 1. The third-order valence-electron chi connectivity index (χ3n) is 9.12. The summed E-state index contributed by atoms with van der Waals surface area (Å²) in [5, 5.41) is 11.9. The first-order valence-corrected chi connectivity index (χ1v) is 20.1. The van der Waals surface area contributed by atoms with Gasteiger partial charge >= 0.3 is 6.09 Å². The van der Waals surface area contributed by atoms with Gasteiger partial charge in [0.15, 0.2) is 0 Å². The number of carbonyl (C=O) groups excluding carboxylic acids is 2. The van der Waals surface area contributed by atoms with Crippen LogP contribution in [0, 0.1) is 11.3 Å². The van der Waals surface area contributed by atoms with E-state index in [4.69, 9.17) is 14.5 Å². The summed E-state index contributed by atoms with van der Waals surface area (Å²) >= 11 is 0. The second kappa shape index (κ2) is 12.4. The van der Waals surface area contributed by atoms with Crippen molar-refractivity contribution in [3.63, 3.8) is 0 Å². The molecule has 0 N–H and O–H groups in total. The lowest BCUT2D eigenvalue weighted by Gasteiger charge is -2.51. The maximum absolute atomic E-state index is 13.8. The predicted molar refractivity (Wildman–Crippen MR) is 183 cm³/mol. The molecule has 3 aromatic heterocycles. The number of likely N-dealkylation sites (tertiary alicyclic amines) is 2. The Bertz CT molecular complexity index is 1840. The van der Waals surface area contributed by atoms with Crippen molar-refractivity contribution in [1.29, 1.82) is 5.26 Å². The maximum atomic E-state index is 13.8. The van der Waals surface area contributed by atoms with Crippen molar-refractivity contribution in [2.24, 2.45) is 0 Å². The molecule has 1 unspecified atom stereocenters. The molecule has 0 aliphatic carbocycles. The summed E-state index contributed by atoms with van der Waals surface area (Å²) in [5.74, 6) is -0.0930. The van der Waals surface area contributed by atoms with Gasteiger partial charge in [-0.25, -0.2) is 14.8 Å². The first-order chi connectivity index (χ1) is 22.3. The van der Waals surface area contributed by atoms with Crippen molar-refractivity contribution in [1.82, 2.24) is 28.9 Å². The SMILES string of the molecule is CC(C)(C)OC(=O)N1CCCC1C(=O)N1CC(CC#N)(n2cc(-c3ncnc4c3ccn4COCC[Si](C)(C)C)c3ccccc32)C1. The minimum Gasteiger partial charge on any atom is -0.444 e. The van der Waals surface area contributed by atoms with E-state index in [0.717, 1.165) is 52.3 Å². The standard InChI is InChI=1S/C35H45N7O4Si/c1-34(2,3)46-33(44)41-16-9-12-29(41)32(43)40-21-35(22-40,14-15-36)42-20-27(25-10-7-8-11-28(25)42)30-26-13-17-39(31(26)38-23-37-30)24-45-18-19-47(4,5)6/h7-8,10-11,13,17,20,23,29H,9,12,14,16,18-19,21-22,24H2,1-6H3. The van der Waals surface area contributed by atoms with Crippen molar-refractivity contribution in [2.45, 2.75) is 89.6 Å². The number of amides is 2. The molecule has 12 heteroatoms. The summed E-state index contributed by atoms with van der Waals surface area (Å²) in [5.41, 5.74) is 2.28. The summed E-state index contributed by atoms with van der Waals surface area (Å²) in [4.78, 5) is 39.4. The van der Waals surface area contributed by atoms with Crippen LogP contribution in [0.1, 0.15) is 40.0 Å². The molecule has 47 heavy (non-hydrogen) atoms. The van der Waals surface area contributed by atoms with Crippen LogP contribution in [0.2, 0.25) is 25.7 Å². The van der Waals surface area contributed by atoms with Gasteiger partial charge in [0.2, 0.25) is 5.91 Å². The van der Waals surface area contributed by atoms with E-state index < -0.39 is 31.3 Å². The highest BCUT2D eigenvalue weighted by Gasteiger charge is 2.50. The van der Waals surface area contributed by atoms with Crippen LogP contribution in [0.15, 0.2) is 49.1 Å². The van der Waals surface area contributed by atoms with Gasteiger partial charge in [0.25, 0.3) is 0 Å². The van der Waals surface area contributed by atoms with E-state index in [-0.39, 0.29) is 12.3 Å². The highest BCUT2D eigenvalue weighted by Crippen LogP contribution is 2.41. The average molecular weight is 656 g/mol. The van der Waals surface area contributed by atoms with Crippen LogP contribution in [0.4, 0.5) is 4.79 Å². The minimum atomic E-state index is -1.19. The zero-order valence-corrected chi connectivity index (χ0v) is 29.3. The molecule has 0 bridgehead atoms. The quantitative estimate of drug-likeness (QED) is 0.155. The second-order valence-corrected chi connectivity index (χ2v) is 20.7. The first kappa shape index (κ1) is 32.7. The van der Waals surface area contributed by atoms with Crippen LogP contribution >= 0.6 is 0 Å². The van der Waals surface area contributed by atoms with Crippen molar-refractivity contribution in [3.8, 4) is 17.3 Å². The van der Waals surface area contributed by atoms with E-state index in [1.54, 1.807) is 16.1 Å². The molecule has 0 saturated carbocycles. The number of para-hydroxylation sites is 1. The van der Waals surface area contributed by atoms with Crippen molar-refractivity contribution in [3.05, 3.63) is 49.1 Å². The lowest BCUT2D eigenvalue weighted by molar-refractivity contribution is -0.146. The van der Waals surface area contributed by atoms with Gasteiger partial charge in [0, 0.05) is 68.6 Å². The van der Waals surface area contributed by atoms with Crippen molar-refractivity contribution < 1.29 is 19.1 Å². The Hall–Kier alpha value is -4.21. The monoisotopic (exact) mass is 655 g/mol. The van der Waals surface area contributed by atoms with Crippen molar-refractivity contribution in [2.75, 3.05) is 26.2 Å². The van der Waals surface area contributed by atoms with E-state index >= 15 is 0 Å². The number of carbonyl (C=O) groups is 2. The zero-order valence-electron chi connectivity index (χ0n) is 28.3. The van der Waals surface area contributed by atoms with E-state index in [1.807, 2.05) is 49.7 Å². The van der Waals surface area contributed by atoms with Crippen LogP contribution in [0.5, 0.6) is 0 Å². The van der Waals surface area contributed by atoms with Gasteiger partial charge in [-0.3, -0.25) is 9.69 Å². The van der Waals surface area contributed by atoms with Crippen LogP contribution < -0.4 is 0 Å². The Morgan fingerprint density at radius 1 is 1.11 bits per heavy atom. The number of hydrogen-bond acceptors (Lipinski definition) is 7. The largest absolute Gasteiger partial charge is 0.444 e. The fourth-order valence-electron chi connectivity index (χ4n) is 6.71. The molecule has 2 aliphatic rings. The van der Waals surface area contributed by atoms with Gasteiger partial charge in [-0.05, 0) is 51.8 Å². The molecule has 4 aromatic rings.